The van der Waals surface area contributed by atoms with Crippen molar-refractivity contribution in [3.05, 3.63) is 32.3 Å². The highest BCUT2D eigenvalue weighted by Gasteiger charge is 2.24. The summed E-state index contributed by atoms with van der Waals surface area (Å²) in [6, 6.07) is 2.79. The summed E-state index contributed by atoms with van der Waals surface area (Å²) in [4.78, 5) is 22.0. The number of carbonyl (C=O) groups excluding carboxylic acids is 1. The average molecular weight is 361 g/mol. The standard InChI is InChI=1S/C13H17BrN2O5/c1-3-4-15-12(18)7-21-13-10(8(2)17)5-9(14)6-11(13)16(19)20/h5-6,8,17H,3-4,7H2,1-2H3,(H,15,18)/t8-/m0/s1. The van der Waals surface area contributed by atoms with Gasteiger partial charge in [-0.25, -0.2) is 0 Å². The van der Waals surface area contributed by atoms with E-state index in [-0.39, 0.29) is 29.5 Å². The lowest BCUT2D eigenvalue weighted by atomic mass is 10.1. The van der Waals surface area contributed by atoms with E-state index in [9.17, 15) is 20.0 Å². The fourth-order valence-corrected chi connectivity index (χ4v) is 2.12. The van der Waals surface area contributed by atoms with Gasteiger partial charge in [-0.05, 0) is 19.4 Å². The third-order valence-corrected chi connectivity index (χ3v) is 3.09. The molecule has 116 valence electrons. The molecule has 0 fully saturated rings. The zero-order valence-electron chi connectivity index (χ0n) is 11.8. The summed E-state index contributed by atoms with van der Waals surface area (Å²) in [6.45, 7) is 3.54. The number of amides is 1. The number of nitrogens with zero attached hydrogens (tertiary/aromatic N) is 1. The van der Waals surface area contributed by atoms with Gasteiger partial charge in [0.05, 0.1) is 11.0 Å². The van der Waals surface area contributed by atoms with Crippen LogP contribution in [0.5, 0.6) is 5.75 Å². The number of nitro groups is 1. The van der Waals surface area contributed by atoms with Gasteiger partial charge in [0.2, 0.25) is 5.75 Å². The first-order chi connectivity index (χ1) is 9.86. The highest BCUT2D eigenvalue weighted by molar-refractivity contribution is 9.10. The van der Waals surface area contributed by atoms with Crippen LogP contribution in [0.4, 0.5) is 5.69 Å². The van der Waals surface area contributed by atoms with Crippen molar-refractivity contribution >= 4 is 27.5 Å². The van der Waals surface area contributed by atoms with Crippen LogP contribution in [0.3, 0.4) is 0 Å². The SMILES string of the molecule is CCCNC(=O)COc1c([C@H](C)O)cc(Br)cc1[N+](=O)[O-]. The van der Waals surface area contributed by atoms with E-state index in [0.717, 1.165) is 6.42 Å². The van der Waals surface area contributed by atoms with E-state index in [1.165, 1.54) is 19.1 Å². The molecule has 1 aromatic carbocycles. The number of halogens is 1. The van der Waals surface area contributed by atoms with E-state index in [4.69, 9.17) is 4.74 Å². The Kier molecular flexibility index (Phi) is 6.57. The van der Waals surface area contributed by atoms with Crippen molar-refractivity contribution < 1.29 is 19.6 Å². The second kappa shape index (κ2) is 7.94. The fraction of sp³-hybridized carbons (Fsp3) is 0.462. The van der Waals surface area contributed by atoms with Gasteiger partial charge in [0.1, 0.15) is 0 Å². The highest BCUT2D eigenvalue weighted by atomic mass is 79.9. The third kappa shape index (κ3) is 4.98. The van der Waals surface area contributed by atoms with Crippen LogP contribution in [0.15, 0.2) is 16.6 Å². The van der Waals surface area contributed by atoms with Crippen molar-refractivity contribution in [3.8, 4) is 5.75 Å². The van der Waals surface area contributed by atoms with Crippen LogP contribution in [0, 0.1) is 10.1 Å². The number of hydrogen-bond acceptors (Lipinski definition) is 5. The van der Waals surface area contributed by atoms with Gasteiger partial charge in [-0.2, -0.15) is 0 Å². The minimum Gasteiger partial charge on any atom is -0.476 e. The molecule has 0 spiro atoms. The first-order valence-electron chi connectivity index (χ1n) is 6.42. The molecule has 0 saturated carbocycles. The quantitative estimate of drug-likeness (QED) is 0.573. The van der Waals surface area contributed by atoms with Gasteiger partial charge >= 0.3 is 5.69 Å². The van der Waals surface area contributed by atoms with E-state index in [1.54, 1.807) is 0 Å². The number of carbonyl (C=O) groups is 1. The summed E-state index contributed by atoms with van der Waals surface area (Å²) in [6.07, 6.45) is -0.182. The molecule has 0 saturated heterocycles. The minimum atomic E-state index is -0.963. The number of ether oxygens (including phenoxy) is 1. The Hall–Kier alpha value is -1.67. The number of benzene rings is 1. The van der Waals surface area contributed by atoms with Crippen molar-refractivity contribution in [2.24, 2.45) is 0 Å². The van der Waals surface area contributed by atoms with Crippen LogP contribution in [-0.4, -0.2) is 29.1 Å². The summed E-state index contributed by atoms with van der Waals surface area (Å²) >= 11 is 3.15. The zero-order valence-corrected chi connectivity index (χ0v) is 13.3. The molecule has 0 bridgehead atoms. The average Bonchev–Trinajstić information content (AvgIpc) is 2.42. The molecule has 7 nitrogen and oxygen atoms in total. The Balaban J connectivity index is 3.02. The Morgan fingerprint density at radius 2 is 2.24 bits per heavy atom. The van der Waals surface area contributed by atoms with E-state index in [1.807, 2.05) is 6.92 Å². The molecule has 1 aromatic rings. The van der Waals surface area contributed by atoms with Crippen molar-refractivity contribution in [1.29, 1.82) is 0 Å². The molecule has 0 aliphatic rings. The first kappa shape index (κ1) is 17.4. The topological polar surface area (TPSA) is 102 Å². The molecule has 0 unspecified atom stereocenters. The Morgan fingerprint density at radius 3 is 2.76 bits per heavy atom. The number of aliphatic hydroxyl groups is 1. The van der Waals surface area contributed by atoms with Gasteiger partial charge in [-0.1, -0.05) is 22.9 Å². The maximum atomic E-state index is 11.5. The lowest BCUT2D eigenvalue weighted by Crippen LogP contribution is -2.29. The maximum absolute atomic E-state index is 11.5. The Bertz CT molecular complexity index is 534. The van der Waals surface area contributed by atoms with Crippen molar-refractivity contribution in [2.45, 2.75) is 26.4 Å². The molecular formula is C13H17BrN2O5. The maximum Gasteiger partial charge on any atom is 0.312 e. The van der Waals surface area contributed by atoms with E-state index in [2.05, 4.69) is 21.2 Å². The second-order valence-corrected chi connectivity index (χ2v) is 5.33. The molecule has 0 radical (unpaired) electrons. The fourth-order valence-electron chi connectivity index (χ4n) is 1.66. The molecular weight excluding hydrogens is 344 g/mol. The predicted octanol–water partition coefficient (Wildman–Crippen LogP) is 2.32. The number of aliphatic hydroxyl groups excluding tert-OH is 1. The molecule has 0 aromatic heterocycles. The molecule has 0 aliphatic carbocycles. The minimum absolute atomic E-state index is 0.0927. The summed E-state index contributed by atoms with van der Waals surface area (Å²) in [7, 11) is 0. The summed E-state index contributed by atoms with van der Waals surface area (Å²) in [5.74, 6) is -0.463. The van der Waals surface area contributed by atoms with Gasteiger partial charge in [-0.3, -0.25) is 14.9 Å². The number of nitro benzene ring substituents is 1. The van der Waals surface area contributed by atoms with Crippen molar-refractivity contribution in [2.75, 3.05) is 13.2 Å². The monoisotopic (exact) mass is 360 g/mol. The van der Waals surface area contributed by atoms with E-state index >= 15 is 0 Å². The normalized spacial score (nSPS) is 11.8. The molecule has 0 aliphatic heterocycles. The van der Waals surface area contributed by atoms with E-state index in [0.29, 0.717) is 11.0 Å². The number of rotatable bonds is 7. The smallest absolute Gasteiger partial charge is 0.312 e. The third-order valence-electron chi connectivity index (χ3n) is 2.63. The summed E-state index contributed by atoms with van der Waals surface area (Å²) < 4.78 is 5.72. The van der Waals surface area contributed by atoms with Crippen LogP contribution in [-0.2, 0) is 4.79 Å². The van der Waals surface area contributed by atoms with E-state index < -0.39 is 11.0 Å². The second-order valence-electron chi connectivity index (χ2n) is 4.41. The molecule has 2 N–H and O–H groups in total. The first-order valence-corrected chi connectivity index (χ1v) is 7.21. The van der Waals surface area contributed by atoms with Crippen LogP contribution >= 0.6 is 15.9 Å². The van der Waals surface area contributed by atoms with Crippen molar-refractivity contribution in [1.82, 2.24) is 5.32 Å². The van der Waals surface area contributed by atoms with Crippen LogP contribution in [0.1, 0.15) is 31.9 Å². The predicted molar refractivity (Wildman–Crippen MR) is 80.2 cm³/mol. The van der Waals surface area contributed by atoms with Crippen LogP contribution in [0.25, 0.3) is 0 Å². The van der Waals surface area contributed by atoms with Gasteiger partial charge in [-0.15, -0.1) is 0 Å². The molecule has 1 rings (SSSR count). The number of hydrogen-bond donors (Lipinski definition) is 2. The molecule has 0 heterocycles. The van der Waals surface area contributed by atoms with Gasteiger partial charge < -0.3 is 15.2 Å². The summed E-state index contributed by atoms with van der Waals surface area (Å²) in [5.41, 5.74) is -0.0528. The highest BCUT2D eigenvalue weighted by Crippen LogP contribution is 2.37. The zero-order chi connectivity index (χ0) is 16.0. The van der Waals surface area contributed by atoms with Gasteiger partial charge in [0.15, 0.2) is 6.61 Å². The number of nitrogens with one attached hydrogen (secondary N) is 1. The van der Waals surface area contributed by atoms with Crippen LogP contribution in [0.2, 0.25) is 0 Å². The lowest BCUT2D eigenvalue weighted by molar-refractivity contribution is -0.386. The van der Waals surface area contributed by atoms with Crippen LogP contribution < -0.4 is 10.1 Å². The molecule has 1 atom stereocenters. The molecule has 21 heavy (non-hydrogen) atoms. The Morgan fingerprint density at radius 1 is 1.57 bits per heavy atom. The molecule has 1 amide bonds. The van der Waals surface area contributed by atoms with Crippen molar-refractivity contribution in [3.63, 3.8) is 0 Å². The largest absolute Gasteiger partial charge is 0.476 e. The molecule has 8 heteroatoms. The van der Waals surface area contributed by atoms with Gasteiger partial charge in [0.25, 0.3) is 5.91 Å². The lowest BCUT2D eigenvalue weighted by Gasteiger charge is -2.14. The van der Waals surface area contributed by atoms with Gasteiger partial charge in [0, 0.05) is 22.6 Å². The summed E-state index contributed by atoms with van der Waals surface area (Å²) in [5, 5.41) is 23.4. The Labute approximate surface area is 130 Å².